The molecule has 0 amide bonds. The fourth-order valence-electron chi connectivity index (χ4n) is 9.38. The maximum absolute atomic E-state index is 2.49. The lowest BCUT2D eigenvalue weighted by Gasteiger charge is -2.46. The third kappa shape index (κ3) is 4.64. The van der Waals surface area contributed by atoms with Gasteiger partial charge in [0.1, 0.15) is 0 Å². The highest BCUT2D eigenvalue weighted by molar-refractivity contribution is 5.93. The summed E-state index contributed by atoms with van der Waals surface area (Å²) in [4.78, 5) is 2.46. The van der Waals surface area contributed by atoms with Crippen LogP contribution in [0.25, 0.3) is 33.4 Å². The number of hydrogen-bond acceptors (Lipinski definition) is 1. The third-order valence-electron chi connectivity index (χ3n) is 11.8. The van der Waals surface area contributed by atoms with Crippen molar-refractivity contribution in [2.24, 2.45) is 0 Å². The van der Waals surface area contributed by atoms with Crippen molar-refractivity contribution < 1.29 is 0 Å². The van der Waals surface area contributed by atoms with Gasteiger partial charge in [-0.05, 0) is 91.5 Å². The maximum Gasteiger partial charge on any atom is 0.0720 e. The fraction of sp³-hybridized carbons (Fsp3) is 0.0769. The predicted octanol–water partition coefficient (Wildman–Crippen LogP) is 13.5. The van der Waals surface area contributed by atoms with Crippen molar-refractivity contribution in [1.29, 1.82) is 0 Å². The first kappa shape index (κ1) is 31.3. The first-order valence-corrected chi connectivity index (χ1v) is 18.6. The number of rotatable bonds is 5. The second-order valence-corrected chi connectivity index (χ2v) is 14.9. The van der Waals surface area contributed by atoms with Crippen LogP contribution in [0.4, 0.5) is 17.1 Å². The lowest BCUT2D eigenvalue weighted by molar-refractivity contribution is 0.563. The summed E-state index contributed by atoms with van der Waals surface area (Å²) >= 11 is 0. The Morgan fingerprint density at radius 1 is 0.321 bits per heavy atom. The quantitative estimate of drug-likeness (QED) is 0.175. The van der Waals surface area contributed by atoms with Crippen molar-refractivity contribution in [2.75, 3.05) is 4.90 Å². The minimum atomic E-state index is -0.466. The van der Waals surface area contributed by atoms with Crippen molar-refractivity contribution in [3.63, 3.8) is 0 Å². The molecule has 0 radical (unpaired) electrons. The van der Waals surface area contributed by atoms with E-state index in [1.165, 1.54) is 66.8 Å². The molecule has 1 nitrogen and oxygen atoms in total. The zero-order valence-corrected chi connectivity index (χ0v) is 30.0. The Labute approximate surface area is 312 Å². The summed E-state index contributed by atoms with van der Waals surface area (Å²) in [6, 6.07) is 73.9. The molecule has 8 aromatic rings. The molecule has 1 spiro atoms. The Morgan fingerprint density at radius 2 is 0.774 bits per heavy atom. The van der Waals surface area contributed by atoms with Gasteiger partial charge in [0.05, 0.1) is 11.1 Å². The van der Waals surface area contributed by atoms with Crippen molar-refractivity contribution >= 4 is 17.1 Å². The lowest BCUT2D eigenvalue weighted by atomic mass is 9.55. The highest BCUT2D eigenvalue weighted by Gasteiger charge is 2.53. The largest absolute Gasteiger partial charge is 0.310 e. The van der Waals surface area contributed by atoms with E-state index in [1.807, 2.05) is 0 Å². The molecule has 0 bridgehead atoms. The summed E-state index contributed by atoms with van der Waals surface area (Å²) in [6.45, 7) is 4.77. The van der Waals surface area contributed by atoms with Crippen LogP contribution in [0.2, 0.25) is 0 Å². The molecule has 0 unspecified atom stereocenters. The minimum absolute atomic E-state index is 0.144. The number of nitrogens with zero attached hydrogens (tertiary/aromatic N) is 1. The highest BCUT2D eigenvalue weighted by Crippen LogP contribution is 2.62. The van der Waals surface area contributed by atoms with E-state index in [0.29, 0.717) is 0 Å². The Kier molecular flexibility index (Phi) is 7.13. The standard InChI is InChI=1S/C52H39N/c1-51(2)45-24-12-14-26-47(45)52(48-27-15-13-25-46(48)51)44-23-11-9-22-42(44)43-34-33-40(35-49(43)52)53(39-31-29-37(30-32-39)36-17-5-3-6-18-36)50-28-16-10-21-41(50)38-19-7-4-8-20-38/h3-35H,1-2H3. The SMILES string of the molecule is CC1(C)c2ccccc2C2(c3ccccc3-c3ccc(N(c4ccc(-c5ccccc5)cc4)c4ccccc4-c4ccccc4)cc32)c2ccccc21. The Bertz CT molecular complexity index is 2580. The van der Waals surface area contributed by atoms with Crippen molar-refractivity contribution in [3.8, 4) is 33.4 Å². The van der Waals surface area contributed by atoms with Crippen LogP contribution < -0.4 is 4.90 Å². The molecule has 0 heterocycles. The molecule has 53 heavy (non-hydrogen) atoms. The molecule has 10 rings (SSSR count). The molecule has 2 aliphatic rings. The summed E-state index contributed by atoms with van der Waals surface area (Å²) in [5, 5.41) is 0. The van der Waals surface area contributed by atoms with Gasteiger partial charge in [0, 0.05) is 22.4 Å². The summed E-state index contributed by atoms with van der Waals surface area (Å²) < 4.78 is 0. The van der Waals surface area contributed by atoms with Crippen LogP contribution in [0, 0.1) is 0 Å². The summed E-state index contributed by atoms with van der Waals surface area (Å²) in [5.74, 6) is 0. The summed E-state index contributed by atoms with van der Waals surface area (Å²) in [6.07, 6.45) is 0. The molecule has 8 aromatic carbocycles. The van der Waals surface area contributed by atoms with Gasteiger partial charge in [-0.1, -0.05) is 184 Å². The minimum Gasteiger partial charge on any atom is -0.310 e. The molecule has 0 saturated carbocycles. The van der Waals surface area contributed by atoms with Gasteiger partial charge in [-0.3, -0.25) is 0 Å². The summed E-state index contributed by atoms with van der Waals surface area (Å²) in [5.41, 5.74) is 18.4. The number of anilines is 3. The van der Waals surface area contributed by atoms with Crippen LogP contribution in [-0.4, -0.2) is 0 Å². The van der Waals surface area contributed by atoms with Crippen LogP contribution in [0.5, 0.6) is 0 Å². The molecule has 2 aliphatic carbocycles. The number of hydrogen-bond donors (Lipinski definition) is 0. The van der Waals surface area contributed by atoms with E-state index in [2.05, 4.69) is 219 Å². The Morgan fingerprint density at radius 3 is 1.42 bits per heavy atom. The molecule has 0 aromatic heterocycles. The number of para-hydroxylation sites is 1. The molecule has 252 valence electrons. The Balaban J connectivity index is 1.25. The molecule has 1 heteroatoms. The van der Waals surface area contributed by atoms with Crippen LogP contribution in [-0.2, 0) is 10.8 Å². The third-order valence-corrected chi connectivity index (χ3v) is 11.8. The fourth-order valence-corrected chi connectivity index (χ4v) is 9.38. The maximum atomic E-state index is 2.49. The first-order valence-electron chi connectivity index (χ1n) is 18.6. The summed E-state index contributed by atoms with van der Waals surface area (Å²) in [7, 11) is 0. The Hall–Kier alpha value is -6.44. The highest BCUT2D eigenvalue weighted by atomic mass is 15.1. The normalized spacial score (nSPS) is 14.2. The predicted molar refractivity (Wildman–Crippen MR) is 221 cm³/mol. The van der Waals surface area contributed by atoms with Gasteiger partial charge in [-0.15, -0.1) is 0 Å². The van der Waals surface area contributed by atoms with Crippen LogP contribution in [0.15, 0.2) is 200 Å². The molecule has 0 saturated heterocycles. The van der Waals surface area contributed by atoms with E-state index in [4.69, 9.17) is 0 Å². The van der Waals surface area contributed by atoms with E-state index in [9.17, 15) is 0 Å². The average molecular weight is 678 g/mol. The molecule has 0 aliphatic heterocycles. The molecule has 0 N–H and O–H groups in total. The van der Waals surface area contributed by atoms with Crippen LogP contribution in [0.3, 0.4) is 0 Å². The van der Waals surface area contributed by atoms with E-state index in [1.54, 1.807) is 0 Å². The smallest absolute Gasteiger partial charge is 0.0720 e. The van der Waals surface area contributed by atoms with Gasteiger partial charge >= 0.3 is 0 Å². The van der Waals surface area contributed by atoms with Gasteiger partial charge in [-0.25, -0.2) is 0 Å². The monoisotopic (exact) mass is 677 g/mol. The van der Waals surface area contributed by atoms with Crippen LogP contribution in [0.1, 0.15) is 47.2 Å². The zero-order chi connectivity index (χ0) is 35.6. The van der Waals surface area contributed by atoms with Gasteiger partial charge < -0.3 is 4.90 Å². The van der Waals surface area contributed by atoms with E-state index < -0.39 is 5.41 Å². The number of fused-ring (bicyclic) bond motifs is 9. The second-order valence-electron chi connectivity index (χ2n) is 14.9. The van der Waals surface area contributed by atoms with Crippen LogP contribution >= 0.6 is 0 Å². The second kappa shape index (κ2) is 12.1. The van der Waals surface area contributed by atoms with Gasteiger partial charge in [0.2, 0.25) is 0 Å². The van der Waals surface area contributed by atoms with E-state index in [-0.39, 0.29) is 5.41 Å². The molecule has 0 fully saturated rings. The van der Waals surface area contributed by atoms with Gasteiger partial charge in [0.15, 0.2) is 0 Å². The van der Waals surface area contributed by atoms with Crippen molar-refractivity contribution in [1.82, 2.24) is 0 Å². The zero-order valence-electron chi connectivity index (χ0n) is 30.0. The van der Waals surface area contributed by atoms with Gasteiger partial charge in [0.25, 0.3) is 0 Å². The first-order chi connectivity index (χ1) is 26.1. The molecular weight excluding hydrogens is 639 g/mol. The average Bonchev–Trinajstić information content (AvgIpc) is 3.52. The van der Waals surface area contributed by atoms with E-state index >= 15 is 0 Å². The van der Waals surface area contributed by atoms with Crippen molar-refractivity contribution in [2.45, 2.75) is 24.7 Å². The number of benzene rings is 8. The topological polar surface area (TPSA) is 3.24 Å². The van der Waals surface area contributed by atoms with Crippen molar-refractivity contribution in [3.05, 3.63) is 234 Å². The van der Waals surface area contributed by atoms with Gasteiger partial charge in [-0.2, -0.15) is 0 Å². The molecular formula is C52H39N. The molecule has 0 atom stereocenters. The van der Waals surface area contributed by atoms with E-state index in [0.717, 1.165) is 17.1 Å². The lowest BCUT2D eigenvalue weighted by Crippen LogP contribution is -2.40.